The molecule has 0 aromatic heterocycles. The first-order chi connectivity index (χ1) is 44.7. The van der Waals surface area contributed by atoms with Crippen LogP contribution in [0.1, 0.15) is 370 Å². The molecule has 0 spiro atoms. The van der Waals surface area contributed by atoms with Gasteiger partial charge in [-0.15, -0.1) is 0 Å². The Morgan fingerprint density at radius 3 is 0.763 bits per heavy atom. The van der Waals surface area contributed by atoms with Crippen molar-refractivity contribution >= 4 is 39.5 Å². The van der Waals surface area contributed by atoms with Crippen LogP contribution < -0.4 is 0 Å². The predicted molar refractivity (Wildman–Crippen MR) is 377 cm³/mol. The van der Waals surface area contributed by atoms with E-state index < -0.39 is 97.5 Å². The summed E-state index contributed by atoms with van der Waals surface area (Å²) in [6.45, 7) is 14.2. The van der Waals surface area contributed by atoms with Gasteiger partial charge >= 0.3 is 39.5 Å². The minimum absolute atomic E-state index is 0.105. The lowest BCUT2D eigenvalue weighted by Gasteiger charge is -2.21. The van der Waals surface area contributed by atoms with E-state index in [4.69, 9.17) is 37.0 Å². The molecular formula is C74H144O17P2. The van der Waals surface area contributed by atoms with Gasteiger partial charge in [0.2, 0.25) is 0 Å². The van der Waals surface area contributed by atoms with Gasteiger partial charge in [0.25, 0.3) is 0 Å². The number of esters is 4. The van der Waals surface area contributed by atoms with Crippen molar-refractivity contribution in [3.63, 3.8) is 0 Å². The summed E-state index contributed by atoms with van der Waals surface area (Å²) in [5, 5.41) is 10.6. The Hall–Kier alpha value is -1.94. The van der Waals surface area contributed by atoms with Crippen molar-refractivity contribution in [2.24, 2.45) is 23.7 Å². The minimum Gasteiger partial charge on any atom is -0.462 e. The summed E-state index contributed by atoms with van der Waals surface area (Å²) in [5.74, 6) is 0.981. The second kappa shape index (κ2) is 63.5. The van der Waals surface area contributed by atoms with Gasteiger partial charge in [-0.25, -0.2) is 9.13 Å². The summed E-state index contributed by atoms with van der Waals surface area (Å²) in [4.78, 5) is 72.7. The lowest BCUT2D eigenvalue weighted by molar-refractivity contribution is -0.161. The molecule has 0 rings (SSSR count). The van der Waals surface area contributed by atoms with Crippen molar-refractivity contribution in [2.45, 2.75) is 388 Å². The molecule has 0 bridgehead atoms. The molecule has 0 aliphatic heterocycles. The molecule has 0 amide bonds. The second-order valence-corrected chi connectivity index (χ2v) is 30.8. The highest BCUT2D eigenvalue weighted by atomic mass is 31.2. The lowest BCUT2D eigenvalue weighted by atomic mass is 9.99. The molecule has 8 atom stereocenters. The average molecular weight is 1370 g/mol. The molecule has 3 N–H and O–H groups in total. The number of ether oxygens (including phenoxy) is 4. The van der Waals surface area contributed by atoms with Gasteiger partial charge in [0.1, 0.15) is 19.3 Å². The fourth-order valence-electron chi connectivity index (χ4n) is 11.1. The smallest absolute Gasteiger partial charge is 0.462 e. The third-order valence-corrected chi connectivity index (χ3v) is 20.1. The zero-order valence-electron chi connectivity index (χ0n) is 60.9. The van der Waals surface area contributed by atoms with E-state index in [1.165, 1.54) is 167 Å². The maximum Gasteiger partial charge on any atom is 0.472 e. The van der Waals surface area contributed by atoms with Crippen LogP contribution in [0.5, 0.6) is 0 Å². The van der Waals surface area contributed by atoms with Crippen LogP contribution in [-0.4, -0.2) is 96.7 Å². The first kappa shape index (κ1) is 91.1. The number of aliphatic hydroxyl groups is 1. The Kier molecular flexibility index (Phi) is 62.2. The number of aliphatic hydroxyl groups excluding tert-OH is 1. The highest BCUT2D eigenvalue weighted by molar-refractivity contribution is 7.47. The zero-order valence-corrected chi connectivity index (χ0v) is 62.7. The van der Waals surface area contributed by atoms with E-state index in [2.05, 4.69) is 55.4 Å². The third-order valence-electron chi connectivity index (χ3n) is 18.2. The molecule has 0 aliphatic rings. The molecule has 93 heavy (non-hydrogen) atoms. The maximum absolute atomic E-state index is 13.1. The molecular weight excluding hydrogens is 1220 g/mol. The van der Waals surface area contributed by atoms with Crippen LogP contribution in [0.3, 0.4) is 0 Å². The van der Waals surface area contributed by atoms with Gasteiger partial charge in [-0.2, -0.15) is 0 Å². The Balaban J connectivity index is 5.25. The Bertz CT molecular complexity index is 1840. The largest absolute Gasteiger partial charge is 0.472 e. The fourth-order valence-corrected chi connectivity index (χ4v) is 12.7. The van der Waals surface area contributed by atoms with Crippen molar-refractivity contribution in [1.29, 1.82) is 0 Å². The third kappa shape index (κ3) is 64.5. The quantitative estimate of drug-likeness (QED) is 0.0222. The first-order valence-electron chi connectivity index (χ1n) is 38.3. The highest BCUT2D eigenvalue weighted by Crippen LogP contribution is 2.45. The molecule has 0 fully saturated rings. The van der Waals surface area contributed by atoms with Crippen LogP contribution in [-0.2, 0) is 65.4 Å². The van der Waals surface area contributed by atoms with E-state index in [9.17, 15) is 43.2 Å². The molecule has 0 aliphatic carbocycles. The lowest BCUT2D eigenvalue weighted by Crippen LogP contribution is -2.30. The Labute approximate surface area is 568 Å². The van der Waals surface area contributed by atoms with Crippen molar-refractivity contribution in [2.75, 3.05) is 39.6 Å². The Morgan fingerprint density at radius 1 is 0.301 bits per heavy atom. The number of phosphoric acid groups is 2. The summed E-state index contributed by atoms with van der Waals surface area (Å²) in [7, 11) is -9.91. The topological polar surface area (TPSA) is 237 Å². The molecule has 5 unspecified atom stereocenters. The number of hydrogen-bond acceptors (Lipinski definition) is 15. The monoisotopic (exact) mass is 1370 g/mol. The van der Waals surface area contributed by atoms with Crippen molar-refractivity contribution in [3.8, 4) is 0 Å². The van der Waals surface area contributed by atoms with Crippen molar-refractivity contribution in [3.05, 3.63) is 0 Å². The summed E-state index contributed by atoms with van der Waals surface area (Å²) in [6, 6.07) is 0. The number of unbranched alkanes of at least 4 members (excludes halogenated alkanes) is 34. The summed E-state index contributed by atoms with van der Waals surface area (Å²) >= 11 is 0. The summed E-state index contributed by atoms with van der Waals surface area (Å²) < 4.78 is 68.4. The fraction of sp³-hybridized carbons (Fsp3) is 0.946. The number of carbonyl (C=O) groups excluding carboxylic acids is 4. The van der Waals surface area contributed by atoms with E-state index in [-0.39, 0.29) is 25.7 Å². The van der Waals surface area contributed by atoms with Gasteiger partial charge in [-0.05, 0) is 49.4 Å². The number of rotatable bonds is 71. The van der Waals surface area contributed by atoms with Gasteiger partial charge in [0.05, 0.1) is 26.4 Å². The molecule has 0 aromatic rings. The minimum atomic E-state index is -4.96. The number of hydrogen-bond donors (Lipinski definition) is 3. The van der Waals surface area contributed by atoms with Crippen LogP contribution in [0, 0.1) is 23.7 Å². The summed E-state index contributed by atoms with van der Waals surface area (Å²) in [6.07, 6.45) is 47.1. The standard InChI is InChI=1S/C74H144O17P2/c1-9-65(6)51-43-35-27-21-16-14-12-13-15-17-22-30-40-48-56-73(78)90-69(60-84-71(76)54-46-38-29-25-24-28-36-44-52-66(7)10-2)62-88-92(80,81)86-58-68(75)59-87-93(82,83)89-63-70(61-85-72(77)55-47-39-33-32-37-45-53-67(8)11-3)91-74(79)57-49-41-31-23-19-18-20-26-34-42-50-64(4)5/h64-70,75H,9-63H2,1-8H3,(H,80,81)(H,82,83)/t65?,66?,67?,68-,69-,70-/m1/s1. The van der Waals surface area contributed by atoms with Crippen LogP contribution in [0.15, 0.2) is 0 Å². The van der Waals surface area contributed by atoms with Gasteiger partial charge in [-0.3, -0.25) is 37.3 Å². The van der Waals surface area contributed by atoms with Crippen LogP contribution in [0.25, 0.3) is 0 Å². The van der Waals surface area contributed by atoms with Gasteiger partial charge < -0.3 is 33.8 Å². The summed E-state index contributed by atoms with van der Waals surface area (Å²) in [5.41, 5.74) is 0. The Morgan fingerprint density at radius 2 is 0.516 bits per heavy atom. The van der Waals surface area contributed by atoms with Gasteiger partial charge in [-0.1, -0.05) is 319 Å². The van der Waals surface area contributed by atoms with E-state index in [1.54, 1.807) is 0 Å². The molecule has 19 heteroatoms. The molecule has 552 valence electrons. The predicted octanol–water partition coefficient (Wildman–Crippen LogP) is 21.3. The zero-order chi connectivity index (χ0) is 68.9. The van der Waals surface area contributed by atoms with E-state index in [0.717, 1.165) is 120 Å². The molecule has 0 saturated carbocycles. The molecule has 0 heterocycles. The van der Waals surface area contributed by atoms with Crippen LogP contribution in [0.2, 0.25) is 0 Å². The van der Waals surface area contributed by atoms with Crippen LogP contribution >= 0.6 is 15.6 Å². The van der Waals surface area contributed by atoms with E-state index in [1.807, 2.05) is 0 Å². The number of carbonyl (C=O) groups is 4. The second-order valence-electron chi connectivity index (χ2n) is 27.9. The van der Waals surface area contributed by atoms with E-state index in [0.29, 0.717) is 25.7 Å². The first-order valence-corrected chi connectivity index (χ1v) is 41.3. The van der Waals surface area contributed by atoms with E-state index >= 15 is 0 Å². The molecule has 0 aromatic carbocycles. The normalized spacial score (nSPS) is 15.1. The maximum atomic E-state index is 13.1. The van der Waals surface area contributed by atoms with Crippen LogP contribution in [0.4, 0.5) is 0 Å². The highest BCUT2D eigenvalue weighted by Gasteiger charge is 2.30. The SMILES string of the molecule is CCC(C)CCCCCCCCCCCCCCCCC(=O)O[C@H](COC(=O)CCCCCCCCCCC(C)CC)COP(=O)(O)OC[C@@H](O)COP(=O)(O)OC[C@@H](COC(=O)CCCCCCCCC(C)CC)OC(=O)CCCCCCCCCCCCC(C)C. The van der Waals surface area contributed by atoms with Crippen molar-refractivity contribution in [1.82, 2.24) is 0 Å². The van der Waals surface area contributed by atoms with Crippen molar-refractivity contribution < 1.29 is 80.2 Å². The average Bonchev–Trinajstić information content (AvgIpc) is 2.14. The van der Waals surface area contributed by atoms with Gasteiger partial charge in [0, 0.05) is 25.7 Å². The molecule has 0 saturated heterocycles. The molecule has 17 nitrogen and oxygen atoms in total. The molecule has 0 radical (unpaired) electrons. The number of phosphoric ester groups is 2. The van der Waals surface area contributed by atoms with Gasteiger partial charge in [0.15, 0.2) is 12.2 Å².